The molecule has 1 heterocycles. The van der Waals surface area contributed by atoms with Crippen LogP contribution in [0.3, 0.4) is 0 Å². The summed E-state index contributed by atoms with van der Waals surface area (Å²) in [6.45, 7) is 11.2. The third-order valence-electron chi connectivity index (χ3n) is 6.40. The predicted molar refractivity (Wildman–Crippen MR) is 160 cm³/mol. The second-order valence-corrected chi connectivity index (χ2v) is 13.0. The lowest BCUT2D eigenvalue weighted by Crippen LogP contribution is -2.47. The van der Waals surface area contributed by atoms with Gasteiger partial charge in [0.15, 0.2) is 5.78 Å². The van der Waals surface area contributed by atoms with E-state index in [-0.39, 0.29) is 19.0 Å². The first-order valence-corrected chi connectivity index (χ1v) is 15.7. The van der Waals surface area contributed by atoms with Crippen molar-refractivity contribution < 1.29 is 27.9 Å². The summed E-state index contributed by atoms with van der Waals surface area (Å²) < 4.78 is 31.2. The molecule has 0 aliphatic rings. The minimum absolute atomic E-state index is 0.116. The van der Waals surface area contributed by atoms with Crippen LogP contribution >= 0.6 is 7.60 Å². The van der Waals surface area contributed by atoms with Crippen molar-refractivity contribution >= 4 is 19.5 Å². The molecule has 0 aliphatic heterocycles. The Labute approximate surface area is 240 Å². The molecule has 8 nitrogen and oxygen atoms in total. The zero-order valence-electron chi connectivity index (χ0n) is 25.2. The number of benzene rings is 1. The Bertz CT molecular complexity index is 1160. The summed E-state index contributed by atoms with van der Waals surface area (Å²) in [5.74, 6) is 1.53. The predicted octanol–water partition coefficient (Wildman–Crippen LogP) is 7.62. The van der Waals surface area contributed by atoms with Gasteiger partial charge >= 0.3 is 13.7 Å². The van der Waals surface area contributed by atoms with Crippen LogP contribution in [0.25, 0.3) is 0 Å². The highest BCUT2D eigenvalue weighted by atomic mass is 31.2. The van der Waals surface area contributed by atoms with Crippen LogP contribution in [0.2, 0.25) is 0 Å². The smallest absolute Gasteiger partial charge is 0.408 e. The van der Waals surface area contributed by atoms with Gasteiger partial charge in [0.25, 0.3) is 0 Å². The van der Waals surface area contributed by atoms with Gasteiger partial charge in [-0.15, -0.1) is 0 Å². The molecule has 40 heavy (non-hydrogen) atoms. The van der Waals surface area contributed by atoms with E-state index in [1.54, 1.807) is 40.7 Å². The Morgan fingerprint density at radius 1 is 0.950 bits per heavy atom. The minimum Gasteiger partial charge on any atom is -0.444 e. The van der Waals surface area contributed by atoms with Gasteiger partial charge in [0, 0.05) is 25.0 Å². The monoisotopic (exact) mass is 574 g/mol. The molecule has 0 fully saturated rings. The molecule has 9 heteroatoms. The third-order valence-corrected chi connectivity index (χ3v) is 8.15. The number of unbranched alkanes of at least 4 members (excludes halogenated alkanes) is 1. The highest BCUT2D eigenvalue weighted by Crippen LogP contribution is 2.50. The van der Waals surface area contributed by atoms with Gasteiger partial charge in [-0.1, -0.05) is 36.4 Å². The number of aromatic nitrogens is 1. The molecule has 0 unspecified atom stereocenters. The van der Waals surface area contributed by atoms with Crippen molar-refractivity contribution in [1.29, 1.82) is 0 Å². The first-order chi connectivity index (χ1) is 18.8. The largest absolute Gasteiger partial charge is 0.444 e. The number of rotatable bonds is 16. The number of ether oxygens (including phenoxy) is 1. The summed E-state index contributed by atoms with van der Waals surface area (Å²) >= 11 is 0. The van der Waals surface area contributed by atoms with Crippen LogP contribution in [-0.2, 0) is 38.2 Å². The van der Waals surface area contributed by atoms with Gasteiger partial charge in [0.05, 0.1) is 24.4 Å². The van der Waals surface area contributed by atoms with Crippen molar-refractivity contribution in [1.82, 2.24) is 9.88 Å². The fourth-order valence-electron chi connectivity index (χ4n) is 4.32. The van der Waals surface area contributed by atoms with Crippen LogP contribution in [0.5, 0.6) is 0 Å². The van der Waals surface area contributed by atoms with Crippen LogP contribution in [-0.4, -0.2) is 40.8 Å². The molecule has 1 amide bonds. The number of hydrogen-bond donors (Lipinski definition) is 1. The highest BCUT2D eigenvalue weighted by Gasteiger charge is 2.29. The summed E-state index contributed by atoms with van der Waals surface area (Å²) in [6.07, 6.45) is 5.34. The molecule has 1 atom stereocenters. The van der Waals surface area contributed by atoms with E-state index in [4.69, 9.17) is 13.8 Å². The van der Waals surface area contributed by atoms with Gasteiger partial charge in [-0.05, 0) is 91.3 Å². The summed E-state index contributed by atoms with van der Waals surface area (Å²) in [5, 5.41) is 2.92. The highest BCUT2D eigenvalue weighted by molar-refractivity contribution is 7.57. The summed E-state index contributed by atoms with van der Waals surface area (Å²) in [6, 6.07) is 14.1. The van der Waals surface area contributed by atoms with Gasteiger partial charge in [0.1, 0.15) is 5.60 Å². The Morgan fingerprint density at radius 2 is 1.60 bits per heavy atom. The zero-order valence-corrected chi connectivity index (χ0v) is 26.1. The maximum atomic E-state index is 13.1. The number of ketones is 1. The number of carbonyl (C=O) groups excluding carboxylic acids is 2. The molecular weight excluding hydrogens is 527 g/mol. The molecule has 2 aromatic rings. The Morgan fingerprint density at radius 3 is 2.20 bits per heavy atom. The minimum atomic E-state index is -3.47. The number of amides is 1. The molecule has 0 bridgehead atoms. The summed E-state index contributed by atoms with van der Waals surface area (Å²) in [5.41, 5.74) is 1.32. The molecular formula is C31H47N2O6P. The Hall–Kier alpha value is -2.67. The lowest BCUT2D eigenvalue weighted by atomic mass is 9.95. The van der Waals surface area contributed by atoms with E-state index in [0.29, 0.717) is 25.0 Å². The van der Waals surface area contributed by atoms with Crippen molar-refractivity contribution in [3.8, 4) is 0 Å². The normalized spacial score (nSPS) is 13.8. The van der Waals surface area contributed by atoms with Crippen LogP contribution in [0.1, 0.15) is 89.0 Å². The van der Waals surface area contributed by atoms with Crippen molar-refractivity contribution in [3.05, 3.63) is 71.3 Å². The number of carbonyl (C=O) groups is 2. The molecule has 0 spiro atoms. The van der Waals surface area contributed by atoms with E-state index in [1.807, 2.05) is 48.9 Å². The lowest BCUT2D eigenvalue weighted by Gasteiger charge is -2.30. The van der Waals surface area contributed by atoms with Crippen LogP contribution in [0.4, 0.5) is 4.79 Å². The number of Topliss-reactive ketones (excluding diaryl/α,β-unsaturated/α-hetero) is 1. The first kappa shape index (κ1) is 33.5. The molecule has 0 saturated carbocycles. The fourth-order valence-corrected chi connectivity index (χ4v) is 5.80. The first-order valence-electron chi connectivity index (χ1n) is 14.1. The molecule has 1 aromatic heterocycles. The quantitative estimate of drug-likeness (QED) is 0.126. The van der Waals surface area contributed by atoms with Crippen LogP contribution in [0, 0.1) is 0 Å². The number of hydrogen-bond acceptors (Lipinski definition) is 6. The van der Waals surface area contributed by atoms with Crippen LogP contribution < -0.4 is 5.32 Å². The van der Waals surface area contributed by atoms with Crippen molar-refractivity contribution in [2.45, 2.75) is 91.2 Å². The molecule has 2 rings (SSSR count). The van der Waals surface area contributed by atoms with E-state index in [2.05, 4.69) is 17.4 Å². The van der Waals surface area contributed by atoms with E-state index in [1.165, 1.54) is 11.4 Å². The Balaban J connectivity index is 2.10. The third kappa shape index (κ3) is 11.4. The maximum absolute atomic E-state index is 13.1. The summed E-state index contributed by atoms with van der Waals surface area (Å²) in [7, 11) is -1.58. The van der Waals surface area contributed by atoms with Crippen molar-refractivity contribution in [2.24, 2.45) is 7.05 Å². The standard InChI is InChI=1S/C31H47N2O6P/c1-8-37-40(36,38-9-2)24-23-31(6,32-29(35)39-30(3,4)5)22-21-26-19-20-27(33(26)7)28(34)18-14-13-17-25-15-11-10-12-16-25/h10-12,15-16,19-20,23-24H,8-9,13-14,17-18,21-22H2,1-7H3,(H,32,35)/b24-23+/t31-/m1/s1. The number of alkyl carbamates (subject to hydrolysis) is 1. The number of nitrogens with zero attached hydrogens (tertiary/aromatic N) is 1. The number of nitrogens with one attached hydrogen (secondary N) is 1. The molecule has 0 saturated heterocycles. The van der Waals surface area contributed by atoms with Gasteiger partial charge in [-0.3, -0.25) is 9.36 Å². The maximum Gasteiger partial charge on any atom is 0.408 e. The topological polar surface area (TPSA) is 95.9 Å². The van der Waals surface area contributed by atoms with E-state index in [0.717, 1.165) is 25.0 Å². The molecule has 0 aliphatic carbocycles. The van der Waals surface area contributed by atoms with Crippen molar-refractivity contribution in [2.75, 3.05) is 13.2 Å². The van der Waals surface area contributed by atoms with Crippen molar-refractivity contribution in [3.63, 3.8) is 0 Å². The molecule has 1 N–H and O–H groups in total. The van der Waals surface area contributed by atoms with E-state index >= 15 is 0 Å². The molecule has 222 valence electrons. The summed E-state index contributed by atoms with van der Waals surface area (Å²) in [4.78, 5) is 25.6. The average Bonchev–Trinajstić information content (AvgIpc) is 3.24. The molecule has 1 aromatic carbocycles. The van der Waals surface area contributed by atoms with E-state index < -0.39 is 24.8 Å². The second-order valence-electron chi connectivity index (χ2n) is 11.1. The average molecular weight is 575 g/mol. The Kier molecular flexibility index (Phi) is 12.9. The van der Waals surface area contributed by atoms with Gasteiger partial charge < -0.3 is 23.7 Å². The SMILES string of the molecule is CCOP(=O)(/C=C/[C@@](C)(CCc1ccc(C(=O)CCCCc2ccccc2)n1C)NC(=O)OC(C)(C)C)OCC. The van der Waals surface area contributed by atoms with Crippen LogP contribution in [0.15, 0.2) is 54.4 Å². The lowest BCUT2D eigenvalue weighted by molar-refractivity contribution is 0.0480. The van der Waals surface area contributed by atoms with Gasteiger partial charge in [0.2, 0.25) is 0 Å². The van der Waals surface area contributed by atoms with E-state index in [9.17, 15) is 14.2 Å². The van der Waals surface area contributed by atoms with Gasteiger partial charge in [-0.25, -0.2) is 4.79 Å². The van der Waals surface area contributed by atoms with Gasteiger partial charge in [-0.2, -0.15) is 0 Å². The second kappa shape index (κ2) is 15.4. The fraction of sp³-hybridized carbons (Fsp3) is 0.548. The zero-order chi connectivity index (χ0) is 29.8. The molecule has 0 radical (unpaired) electrons. The number of aryl methyl sites for hydroxylation is 2.